The minimum absolute atomic E-state index is 0.151. The van der Waals surface area contributed by atoms with Gasteiger partial charge < -0.3 is 0 Å². The van der Waals surface area contributed by atoms with Gasteiger partial charge >= 0.3 is 0 Å². The van der Waals surface area contributed by atoms with E-state index in [9.17, 15) is 0 Å². The van der Waals surface area contributed by atoms with Gasteiger partial charge in [0.1, 0.15) is 11.4 Å². The van der Waals surface area contributed by atoms with E-state index < -0.39 is 0 Å². The number of rotatable bonds is 1. The Labute approximate surface area is 84.9 Å². The van der Waals surface area contributed by atoms with Crippen molar-refractivity contribution < 1.29 is 0 Å². The first-order chi connectivity index (χ1) is 6.31. The van der Waals surface area contributed by atoms with Gasteiger partial charge in [-0.05, 0) is 17.4 Å². The predicted octanol–water partition coefficient (Wildman–Crippen LogP) is 1.56. The lowest BCUT2D eigenvalue weighted by Gasteiger charge is -2.11. The summed E-state index contributed by atoms with van der Waals surface area (Å²) >= 11 is 7.32. The molecule has 13 heavy (non-hydrogen) atoms. The molecule has 2 rings (SSSR count). The van der Waals surface area contributed by atoms with Crippen molar-refractivity contribution in [3.8, 4) is 0 Å². The highest BCUT2D eigenvalue weighted by molar-refractivity contribution is 8.14. The number of halogens is 1. The van der Waals surface area contributed by atoms with E-state index in [4.69, 9.17) is 11.6 Å². The highest BCUT2D eigenvalue weighted by atomic mass is 35.5. The van der Waals surface area contributed by atoms with Crippen LogP contribution in [0.1, 0.15) is 6.92 Å². The van der Waals surface area contributed by atoms with Gasteiger partial charge in [-0.15, -0.1) is 11.8 Å². The summed E-state index contributed by atoms with van der Waals surface area (Å²) in [4.78, 5) is 16.2. The van der Waals surface area contributed by atoms with Crippen LogP contribution in [-0.2, 0) is 0 Å². The fourth-order valence-electron chi connectivity index (χ4n) is 1.09. The molecule has 4 nitrogen and oxygen atoms in total. The first-order valence-corrected chi connectivity index (χ1v) is 5.22. The molecule has 2 aliphatic heterocycles. The molecule has 2 aliphatic rings. The Balaban J connectivity index is 2.27. The van der Waals surface area contributed by atoms with Crippen molar-refractivity contribution in [2.24, 2.45) is 20.0 Å². The summed E-state index contributed by atoms with van der Waals surface area (Å²) in [7, 11) is 0. The highest BCUT2D eigenvalue weighted by Gasteiger charge is 2.28. The Morgan fingerprint density at radius 1 is 1.62 bits per heavy atom. The quantitative estimate of drug-likeness (QED) is 0.611. The lowest BCUT2D eigenvalue weighted by atomic mass is 10.3. The first kappa shape index (κ1) is 8.90. The van der Waals surface area contributed by atoms with Gasteiger partial charge in [-0.1, -0.05) is 6.92 Å². The maximum atomic E-state index is 5.68. The van der Waals surface area contributed by atoms with Gasteiger partial charge in [-0.2, -0.15) is 0 Å². The largest absolute Gasteiger partial charge is 0.237 e. The van der Waals surface area contributed by atoms with E-state index in [0.717, 1.165) is 10.8 Å². The lowest BCUT2D eigenvalue weighted by Crippen LogP contribution is -2.25. The summed E-state index contributed by atoms with van der Waals surface area (Å²) < 4.78 is 0. The number of thioether (sulfide) groups is 1. The van der Waals surface area contributed by atoms with E-state index in [0.29, 0.717) is 5.84 Å². The summed E-state index contributed by atoms with van der Waals surface area (Å²) in [5, 5.41) is 1.19. The Hall–Kier alpha value is -0.680. The molecule has 0 N–H and O–H groups in total. The third kappa shape index (κ3) is 1.66. The van der Waals surface area contributed by atoms with Gasteiger partial charge in [0, 0.05) is 0 Å². The summed E-state index contributed by atoms with van der Waals surface area (Å²) in [6.07, 6.45) is 1.50. The molecular formula is C7H7ClN4S. The Kier molecular flexibility index (Phi) is 2.46. The third-order valence-electron chi connectivity index (χ3n) is 1.59. The number of hydrogen-bond donors (Lipinski definition) is 0. The second-order valence-electron chi connectivity index (χ2n) is 2.42. The molecule has 0 aliphatic carbocycles. The fraction of sp³-hybridized carbons (Fsp3) is 0.429. The molecule has 0 bridgehead atoms. The Bertz CT molecular complexity index is 344. The molecule has 0 saturated heterocycles. The lowest BCUT2D eigenvalue weighted by molar-refractivity contribution is 1.16. The fourth-order valence-corrected chi connectivity index (χ4v) is 2.01. The van der Waals surface area contributed by atoms with Crippen molar-refractivity contribution >= 4 is 45.9 Å². The van der Waals surface area contributed by atoms with Crippen LogP contribution in [0.5, 0.6) is 0 Å². The molecule has 1 atom stereocenters. The van der Waals surface area contributed by atoms with Crippen molar-refractivity contribution in [3.05, 3.63) is 0 Å². The minimum atomic E-state index is -0.151. The number of hydrogen-bond acceptors (Lipinski definition) is 5. The number of fused-ring (bicyclic) bond motifs is 1. The molecule has 0 aromatic rings. The SMILES string of the molecule is CCSC1=NC=NC2=NC(Cl)=NC21. The van der Waals surface area contributed by atoms with Gasteiger partial charge in [0.15, 0.2) is 11.9 Å². The molecule has 6 heteroatoms. The van der Waals surface area contributed by atoms with Crippen LogP contribution in [0, 0.1) is 0 Å². The molecule has 0 amide bonds. The second-order valence-corrected chi connectivity index (χ2v) is 4.04. The van der Waals surface area contributed by atoms with Crippen LogP contribution < -0.4 is 0 Å². The van der Waals surface area contributed by atoms with Crippen molar-refractivity contribution in [1.82, 2.24) is 0 Å². The number of amidine groups is 2. The average Bonchev–Trinajstić information content (AvgIpc) is 2.47. The zero-order valence-corrected chi connectivity index (χ0v) is 8.51. The van der Waals surface area contributed by atoms with Crippen LogP contribution >= 0.6 is 23.4 Å². The maximum Gasteiger partial charge on any atom is 0.220 e. The molecule has 0 spiro atoms. The topological polar surface area (TPSA) is 49.4 Å². The Morgan fingerprint density at radius 3 is 3.23 bits per heavy atom. The van der Waals surface area contributed by atoms with Crippen LogP contribution in [0.4, 0.5) is 0 Å². The van der Waals surface area contributed by atoms with Gasteiger partial charge in [-0.3, -0.25) is 0 Å². The molecule has 68 valence electrons. The normalized spacial score (nSPS) is 25.1. The predicted molar refractivity (Wildman–Crippen MR) is 58.6 cm³/mol. The van der Waals surface area contributed by atoms with E-state index in [-0.39, 0.29) is 11.3 Å². The molecule has 0 fully saturated rings. The summed E-state index contributed by atoms with van der Waals surface area (Å²) in [6.45, 7) is 2.07. The molecule has 0 radical (unpaired) electrons. The smallest absolute Gasteiger partial charge is 0.220 e. The zero-order valence-electron chi connectivity index (χ0n) is 6.94. The van der Waals surface area contributed by atoms with E-state index in [2.05, 4.69) is 26.9 Å². The van der Waals surface area contributed by atoms with Crippen LogP contribution in [0.15, 0.2) is 20.0 Å². The standard InChI is InChI=1S/C7H7ClN4S/c1-2-13-6-4-5(9-3-10-6)12-7(8)11-4/h3-4H,2H2,1H3. The number of aliphatic imine (C=N–C) groups is 4. The van der Waals surface area contributed by atoms with Crippen LogP contribution in [-0.4, -0.2) is 34.3 Å². The number of nitrogens with zero attached hydrogens (tertiary/aromatic N) is 4. The van der Waals surface area contributed by atoms with Crippen LogP contribution in [0.3, 0.4) is 0 Å². The van der Waals surface area contributed by atoms with Gasteiger partial charge in [0.25, 0.3) is 0 Å². The minimum Gasteiger partial charge on any atom is -0.237 e. The van der Waals surface area contributed by atoms with Crippen molar-refractivity contribution in [1.29, 1.82) is 0 Å². The Morgan fingerprint density at radius 2 is 2.46 bits per heavy atom. The monoisotopic (exact) mass is 214 g/mol. The molecular weight excluding hydrogens is 208 g/mol. The summed E-state index contributed by atoms with van der Waals surface area (Å²) in [5.74, 6) is 1.61. The average molecular weight is 215 g/mol. The van der Waals surface area contributed by atoms with Gasteiger partial charge in [-0.25, -0.2) is 20.0 Å². The van der Waals surface area contributed by atoms with E-state index in [1.54, 1.807) is 11.8 Å². The maximum absolute atomic E-state index is 5.68. The van der Waals surface area contributed by atoms with Gasteiger partial charge in [0.05, 0.1) is 0 Å². The first-order valence-electron chi connectivity index (χ1n) is 3.86. The van der Waals surface area contributed by atoms with E-state index in [1.165, 1.54) is 6.34 Å². The highest BCUT2D eigenvalue weighted by Crippen LogP contribution is 2.20. The van der Waals surface area contributed by atoms with E-state index >= 15 is 0 Å². The third-order valence-corrected chi connectivity index (χ3v) is 2.68. The van der Waals surface area contributed by atoms with Crippen LogP contribution in [0.25, 0.3) is 0 Å². The zero-order chi connectivity index (χ0) is 9.26. The van der Waals surface area contributed by atoms with Crippen molar-refractivity contribution in [2.45, 2.75) is 13.0 Å². The molecule has 2 heterocycles. The van der Waals surface area contributed by atoms with Crippen molar-refractivity contribution in [2.75, 3.05) is 5.75 Å². The van der Waals surface area contributed by atoms with Gasteiger partial charge in [0.2, 0.25) is 5.29 Å². The van der Waals surface area contributed by atoms with Crippen LogP contribution in [0.2, 0.25) is 0 Å². The summed E-state index contributed by atoms with van der Waals surface area (Å²) in [5.41, 5.74) is 0. The molecule has 0 saturated carbocycles. The van der Waals surface area contributed by atoms with Crippen molar-refractivity contribution in [3.63, 3.8) is 0 Å². The van der Waals surface area contributed by atoms with E-state index in [1.807, 2.05) is 0 Å². The molecule has 0 aromatic heterocycles. The molecule has 0 aromatic carbocycles. The summed E-state index contributed by atoms with van der Waals surface area (Å²) in [6, 6.07) is -0.151. The molecule has 1 unspecified atom stereocenters. The second kappa shape index (κ2) is 3.59.